The zero-order valence-corrected chi connectivity index (χ0v) is 27.7. The Morgan fingerprint density at radius 3 is 2.00 bits per heavy atom. The van der Waals surface area contributed by atoms with Crippen LogP contribution in [0.4, 0.5) is 0 Å². The van der Waals surface area contributed by atoms with Crippen molar-refractivity contribution in [3.63, 3.8) is 0 Å². The highest BCUT2D eigenvalue weighted by Gasteiger charge is 2.34. The van der Waals surface area contributed by atoms with Crippen LogP contribution in [0.1, 0.15) is 58.1 Å². The first kappa shape index (κ1) is 38.7. The summed E-state index contributed by atoms with van der Waals surface area (Å²) in [5.41, 5.74) is 7.32. The molecule has 0 saturated carbocycles. The van der Waals surface area contributed by atoms with Crippen LogP contribution >= 0.6 is 0 Å². The van der Waals surface area contributed by atoms with Crippen LogP contribution in [0.25, 0.3) is 0 Å². The van der Waals surface area contributed by atoms with Crippen molar-refractivity contribution in [1.29, 1.82) is 0 Å². The topological polar surface area (TPSA) is 211 Å². The number of carbonyl (C=O) groups excluding carboxylic acids is 4. The summed E-state index contributed by atoms with van der Waals surface area (Å²) in [6, 6.07) is 11.0. The molecule has 0 bridgehead atoms. The number of nitrogens with one attached hydrogen (secondary N) is 3. The number of aromatic hydroxyl groups is 1. The molecule has 5 atom stereocenters. The van der Waals surface area contributed by atoms with Crippen LogP contribution in [0.3, 0.4) is 0 Å². The van der Waals surface area contributed by atoms with Gasteiger partial charge in [-0.15, -0.1) is 0 Å². The molecule has 8 N–H and O–H groups in total. The average molecular weight is 656 g/mol. The molecule has 2 rings (SSSR count). The number of carboxylic acid groups (broad SMARTS) is 1. The molecule has 0 unspecified atom stereocenters. The maximum Gasteiger partial charge on any atom is 0.303 e. The molecular formula is C34H49N5O8. The number of phenols is 1. The van der Waals surface area contributed by atoms with Crippen molar-refractivity contribution in [2.45, 2.75) is 90.2 Å². The van der Waals surface area contributed by atoms with Crippen molar-refractivity contribution in [2.24, 2.45) is 17.6 Å². The second-order valence-corrected chi connectivity index (χ2v) is 12.6. The number of phenolic OH excluding ortho intramolecular Hbond substituents is 1. The maximum atomic E-state index is 13.8. The van der Waals surface area contributed by atoms with Gasteiger partial charge in [-0.05, 0) is 54.4 Å². The number of aliphatic carboxylic acids is 1. The van der Waals surface area contributed by atoms with Crippen molar-refractivity contribution in [1.82, 2.24) is 20.9 Å². The van der Waals surface area contributed by atoms with E-state index in [9.17, 15) is 34.2 Å². The molecule has 0 aliphatic heterocycles. The minimum Gasteiger partial charge on any atom is -0.508 e. The predicted octanol–water partition coefficient (Wildman–Crippen LogP) is 1.30. The van der Waals surface area contributed by atoms with Gasteiger partial charge in [0.05, 0.1) is 12.1 Å². The number of nitrogens with zero attached hydrogens (tertiary/aromatic N) is 1. The highest BCUT2D eigenvalue weighted by Crippen LogP contribution is 2.15. The molecule has 47 heavy (non-hydrogen) atoms. The fraction of sp³-hybridized carbons (Fsp3) is 0.500. The van der Waals surface area contributed by atoms with E-state index in [0.29, 0.717) is 0 Å². The molecule has 13 heteroatoms. The van der Waals surface area contributed by atoms with E-state index in [2.05, 4.69) is 16.0 Å². The van der Waals surface area contributed by atoms with E-state index in [1.54, 1.807) is 50.2 Å². The molecule has 0 saturated heterocycles. The monoisotopic (exact) mass is 655 g/mol. The first-order valence-electron chi connectivity index (χ1n) is 15.7. The van der Waals surface area contributed by atoms with Gasteiger partial charge in [-0.1, -0.05) is 70.2 Å². The number of benzene rings is 2. The fourth-order valence-electron chi connectivity index (χ4n) is 4.91. The lowest BCUT2D eigenvalue weighted by Crippen LogP contribution is -2.60. The van der Waals surface area contributed by atoms with E-state index < -0.39 is 65.8 Å². The fourth-order valence-corrected chi connectivity index (χ4v) is 4.91. The van der Waals surface area contributed by atoms with Crippen LogP contribution in [0.15, 0.2) is 54.6 Å². The smallest absolute Gasteiger partial charge is 0.303 e. The average Bonchev–Trinajstić information content (AvgIpc) is 3.01. The summed E-state index contributed by atoms with van der Waals surface area (Å²) in [5.74, 6) is -4.04. The number of carboxylic acids is 1. The van der Waals surface area contributed by atoms with Gasteiger partial charge >= 0.3 is 5.97 Å². The third-order valence-electron chi connectivity index (χ3n) is 7.59. The van der Waals surface area contributed by atoms with E-state index in [4.69, 9.17) is 10.8 Å². The summed E-state index contributed by atoms with van der Waals surface area (Å²) < 4.78 is 0. The quantitative estimate of drug-likeness (QED) is 0.123. The molecule has 13 nitrogen and oxygen atoms in total. The molecule has 0 radical (unpaired) electrons. The molecule has 258 valence electrons. The van der Waals surface area contributed by atoms with Crippen LogP contribution in [0, 0.1) is 11.8 Å². The number of hydrogen-bond donors (Lipinski definition) is 7. The molecule has 0 aliphatic carbocycles. The lowest BCUT2D eigenvalue weighted by molar-refractivity contribution is -0.142. The van der Waals surface area contributed by atoms with Gasteiger partial charge in [0.15, 0.2) is 6.10 Å². The summed E-state index contributed by atoms with van der Waals surface area (Å²) in [6.07, 6.45) is -1.72. The van der Waals surface area contributed by atoms with Gasteiger partial charge in [0, 0.05) is 20.0 Å². The van der Waals surface area contributed by atoms with Crippen molar-refractivity contribution in [3.05, 3.63) is 65.7 Å². The number of rotatable bonds is 18. The third-order valence-corrected chi connectivity index (χ3v) is 7.59. The Kier molecular flexibility index (Phi) is 15.3. The Bertz CT molecular complexity index is 1340. The number of carbonyl (C=O) groups is 5. The Morgan fingerprint density at radius 2 is 1.45 bits per heavy atom. The van der Waals surface area contributed by atoms with E-state index >= 15 is 0 Å². The third kappa shape index (κ3) is 13.0. The lowest BCUT2D eigenvalue weighted by atomic mass is 9.97. The predicted molar refractivity (Wildman–Crippen MR) is 176 cm³/mol. The first-order chi connectivity index (χ1) is 22.1. The molecule has 0 fully saturated rings. The minimum absolute atomic E-state index is 0.0434. The van der Waals surface area contributed by atoms with Gasteiger partial charge in [-0.25, -0.2) is 0 Å². The summed E-state index contributed by atoms with van der Waals surface area (Å²) >= 11 is 0. The second-order valence-electron chi connectivity index (χ2n) is 12.6. The first-order valence-corrected chi connectivity index (χ1v) is 15.7. The van der Waals surface area contributed by atoms with Crippen LogP contribution in [0.5, 0.6) is 5.75 Å². The summed E-state index contributed by atoms with van der Waals surface area (Å²) in [4.78, 5) is 65.4. The number of likely N-dealkylation sites (N-methyl/N-ethyl adjacent to an activating group) is 1. The van der Waals surface area contributed by atoms with Gasteiger partial charge in [-0.2, -0.15) is 0 Å². The number of aliphatic hydroxyl groups is 1. The Morgan fingerprint density at radius 1 is 0.830 bits per heavy atom. The second kappa shape index (κ2) is 18.6. The molecule has 0 heterocycles. The highest BCUT2D eigenvalue weighted by molar-refractivity contribution is 5.93. The molecule has 2 aromatic rings. The zero-order valence-electron chi connectivity index (χ0n) is 27.7. The summed E-state index contributed by atoms with van der Waals surface area (Å²) in [5, 5.41) is 37.8. The van der Waals surface area contributed by atoms with Crippen molar-refractivity contribution in [3.8, 4) is 5.75 Å². The standard InChI is InChI=1S/C34H49N5O8/c1-20(2)17-27(37-33(46)29(21(3)4)38-31(44)25(35)15-16-28(41)42)32(45)36-26(18-22-9-7-6-8-10-22)30(43)34(47)39(5)19-23-11-13-24(40)14-12-23/h6-14,20-21,25-27,29-30,40,43H,15-19,35H2,1-5H3,(H,36,45)(H,37,46)(H,38,44)(H,41,42)/t25-,26-,27-,29-,30+/m0/s1. The van der Waals surface area contributed by atoms with Crippen molar-refractivity contribution in [2.75, 3.05) is 7.05 Å². The van der Waals surface area contributed by atoms with Gasteiger partial charge in [0.25, 0.3) is 5.91 Å². The van der Waals surface area contributed by atoms with Crippen molar-refractivity contribution >= 4 is 29.6 Å². The normalized spacial score (nSPS) is 14.4. The van der Waals surface area contributed by atoms with Gasteiger partial charge in [0.1, 0.15) is 17.8 Å². The summed E-state index contributed by atoms with van der Waals surface area (Å²) in [7, 11) is 1.52. The molecule has 2 aromatic carbocycles. The summed E-state index contributed by atoms with van der Waals surface area (Å²) in [6.45, 7) is 7.30. The van der Waals surface area contributed by atoms with Crippen LogP contribution in [-0.2, 0) is 36.9 Å². The van der Waals surface area contributed by atoms with E-state index in [-0.39, 0.29) is 43.9 Å². The van der Waals surface area contributed by atoms with Gasteiger partial charge in [0.2, 0.25) is 17.7 Å². The van der Waals surface area contributed by atoms with Crippen LogP contribution in [0.2, 0.25) is 0 Å². The SMILES string of the molecule is CC(C)C[C@H](NC(=O)[C@@H](NC(=O)[C@@H](N)CCC(=O)O)C(C)C)C(=O)N[C@@H](Cc1ccccc1)[C@@H](O)C(=O)N(C)Cc1ccc(O)cc1. The zero-order chi connectivity index (χ0) is 35.3. The van der Waals surface area contributed by atoms with E-state index in [1.807, 2.05) is 19.9 Å². The lowest BCUT2D eigenvalue weighted by Gasteiger charge is -2.30. The number of hydrogen-bond acceptors (Lipinski definition) is 8. The van der Waals surface area contributed by atoms with E-state index in [0.717, 1.165) is 11.1 Å². The molecule has 0 aromatic heterocycles. The van der Waals surface area contributed by atoms with Gasteiger partial charge < -0.3 is 41.9 Å². The Labute approximate surface area is 275 Å². The molecule has 4 amide bonds. The maximum absolute atomic E-state index is 13.8. The van der Waals surface area contributed by atoms with Crippen LogP contribution < -0.4 is 21.7 Å². The number of amides is 4. The Balaban J connectivity index is 2.25. The van der Waals surface area contributed by atoms with Crippen molar-refractivity contribution < 1.29 is 39.3 Å². The molecule has 0 spiro atoms. The van der Waals surface area contributed by atoms with Gasteiger partial charge in [-0.3, -0.25) is 24.0 Å². The molecular weight excluding hydrogens is 606 g/mol. The minimum atomic E-state index is -1.63. The largest absolute Gasteiger partial charge is 0.508 e. The number of nitrogens with two attached hydrogens (primary N) is 1. The Hall–Kier alpha value is -4.49. The number of aliphatic hydroxyl groups excluding tert-OH is 1. The molecule has 0 aliphatic rings. The highest BCUT2D eigenvalue weighted by atomic mass is 16.4. The van der Waals surface area contributed by atoms with Crippen LogP contribution in [-0.4, -0.2) is 87.1 Å². The van der Waals surface area contributed by atoms with E-state index in [1.165, 1.54) is 24.1 Å².